The fourth-order valence-electron chi connectivity index (χ4n) is 2.54. The van der Waals surface area contributed by atoms with Crippen LogP contribution in [0.1, 0.15) is 46.5 Å². The maximum atomic E-state index is 12.6. The Kier molecular flexibility index (Phi) is 7.72. The third-order valence-corrected chi connectivity index (χ3v) is 3.91. The summed E-state index contributed by atoms with van der Waals surface area (Å²) in [6.45, 7) is 9.57. The second kappa shape index (κ2) is 9.03. The first-order valence-corrected chi connectivity index (χ1v) is 8.20. The van der Waals surface area contributed by atoms with Crippen molar-refractivity contribution in [2.45, 2.75) is 52.5 Å². The van der Waals surface area contributed by atoms with Crippen LogP contribution in [0.4, 0.5) is 0 Å². The predicted octanol–water partition coefficient (Wildman–Crippen LogP) is 1.48. The van der Waals surface area contributed by atoms with Crippen LogP contribution in [0.5, 0.6) is 0 Å². The normalized spacial score (nSPS) is 17.9. The largest absolute Gasteiger partial charge is 0.344 e. The molecule has 5 heteroatoms. The highest BCUT2D eigenvalue weighted by Gasteiger charge is 2.28. The zero-order valence-corrected chi connectivity index (χ0v) is 14.0. The molecule has 1 aliphatic heterocycles. The summed E-state index contributed by atoms with van der Waals surface area (Å²) in [4.78, 5) is 28.7. The summed E-state index contributed by atoms with van der Waals surface area (Å²) in [5.41, 5.74) is 0. The van der Waals surface area contributed by atoms with Crippen LogP contribution in [0, 0.1) is 5.92 Å². The van der Waals surface area contributed by atoms with Gasteiger partial charge in [0.25, 0.3) is 0 Å². The molecule has 0 spiro atoms. The van der Waals surface area contributed by atoms with Crippen molar-refractivity contribution in [3.8, 4) is 0 Å². The minimum atomic E-state index is -0.363. The van der Waals surface area contributed by atoms with Crippen molar-refractivity contribution in [1.82, 2.24) is 15.1 Å². The quantitative estimate of drug-likeness (QED) is 0.774. The summed E-state index contributed by atoms with van der Waals surface area (Å²) in [6.07, 6.45) is 3.10. The number of piperazine rings is 1. The molecule has 0 saturated carbocycles. The van der Waals surface area contributed by atoms with E-state index < -0.39 is 0 Å². The number of carbonyl (C=O) groups is 2. The average Bonchev–Trinajstić information content (AvgIpc) is 2.44. The summed E-state index contributed by atoms with van der Waals surface area (Å²) >= 11 is 0. The molecule has 0 unspecified atom stereocenters. The summed E-state index contributed by atoms with van der Waals surface area (Å²) < 4.78 is 0. The van der Waals surface area contributed by atoms with E-state index in [1.165, 1.54) is 0 Å². The SMILES string of the molecule is CCCCC(=O)N[C@@H](CC(C)C)C(=O)N1CCN(C)CC1. The second-order valence-corrected chi connectivity index (χ2v) is 6.48. The van der Waals surface area contributed by atoms with Gasteiger partial charge in [0.2, 0.25) is 11.8 Å². The maximum absolute atomic E-state index is 12.6. The molecular formula is C16H31N3O2. The Morgan fingerprint density at radius 3 is 2.29 bits per heavy atom. The lowest BCUT2D eigenvalue weighted by Gasteiger charge is -2.35. The van der Waals surface area contributed by atoms with Gasteiger partial charge in [0.15, 0.2) is 0 Å². The molecule has 1 saturated heterocycles. The molecular weight excluding hydrogens is 266 g/mol. The summed E-state index contributed by atoms with van der Waals surface area (Å²) in [5, 5.41) is 2.95. The molecule has 21 heavy (non-hydrogen) atoms. The van der Waals surface area contributed by atoms with E-state index >= 15 is 0 Å². The minimum Gasteiger partial charge on any atom is -0.344 e. The Balaban J connectivity index is 2.58. The van der Waals surface area contributed by atoms with Gasteiger partial charge in [-0.2, -0.15) is 0 Å². The number of unbranched alkanes of at least 4 members (excludes halogenated alkanes) is 1. The van der Waals surface area contributed by atoms with Crippen molar-refractivity contribution in [3.05, 3.63) is 0 Å². The second-order valence-electron chi connectivity index (χ2n) is 6.48. The Hall–Kier alpha value is -1.10. The number of nitrogens with zero attached hydrogens (tertiary/aromatic N) is 2. The molecule has 1 fully saturated rings. The number of hydrogen-bond donors (Lipinski definition) is 1. The fourth-order valence-corrected chi connectivity index (χ4v) is 2.54. The Labute approximate surface area is 129 Å². The number of nitrogens with one attached hydrogen (secondary N) is 1. The molecule has 122 valence electrons. The molecule has 1 atom stereocenters. The van der Waals surface area contributed by atoms with Gasteiger partial charge in [0.05, 0.1) is 0 Å². The molecule has 0 bridgehead atoms. The topological polar surface area (TPSA) is 52.7 Å². The molecule has 1 aliphatic rings. The van der Waals surface area contributed by atoms with Crippen LogP contribution in [0.25, 0.3) is 0 Å². The van der Waals surface area contributed by atoms with Gasteiger partial charge in [0.1, 0.15) is 6.04 Å². The van der Waals surface area contributed by atoms with Gasteiger partial charge in [-0.25, -0.2) is 0 Å². The first-order valence-electron chi connectivity index (χ1n) is 8.20. The monoisotopic (exact) mass is 297 g/mol. The van der Waals surface area contributed by atoms with Crippen molar-refractivity contribution in [2.24, 2.45) is 5.92 Å². The highest BCUT2D eigenvalue weighted by Crippen LogP contribution is 2.11. The molecule has 0 aliphatic carbocycles. The summed E-state index contributed by atoms with van der Waals surface area (Å²) in [7, 11) is 2.07. The molecule has 1 rings (SSSR count). The molecule has 0 radical (unpaired) electrons. The zero-order valence-electron chi connectivity index (χ0n) is 14.0. The fraction of sp³-hybridized carbons (Fsp3) is 0.875. The minimum absolute atomic E-state index is 0.00461. The average molecular weight is 297 g/mol. The summed E-state index contributed by atoms with van der Waals surface area (Å²) in [6, 6.07) is -0.363. The highest BCUT2D eigenvalue weighted by atomic mass is 16.2. The molecule has 0 aromatic rings. The highest BCUT2D eigenvalue weighted by molar-refractivity contribution is 5.87. The molecule has 1 N–H and O–H groups in total. The number of likely N-dealkylation sites (N-methyl/N-ethyl adjacent to an activating group) is 1. The van der Waals surface area contributed by atoms with Crippen LogP contribution < -0.4 is 5.32 Å². The van der Waals surface area contributed by atoms with Gasteiger partial charge < -0.3 is 15.1 Å². The van der Waals surface area contributed by atoms with Crippen molar-refractivity contribution in [3.63, 3.8) is 0 Å². The molecule has 1 heterocycles. The number of rotatable bonds is 7. The standard InChI is InChI=1S/C16H31N3O2/c1-5-6-7-15(20)17-14(12-13(2)3)16(21)19-10-8-18(4)9-11-19/h13-14H,5-12H2,1-4H3,(H,17,20)/t14-/m0/s1. The van der Waals surface area contributed by atoms with Crippen LogP contribution in [0.2, 0.25) is 0 Å². The van der Waals surface area contributed by atoms with E-state index in [9.17, 15) is 9.59 Å². The number of carbonyl (C=O) groups excluding carboxylic acids is 2. The van der Waals surface area contributed by atoms with E-state index in [1.807, 2.05) is 4.90 Å². The molecule has 5 nitrogen and oxygen atoms in total. The lowest BCUT2D eigenvalue weighted by Crippen LogP contribution is -2.54. The van der Waals surface area contributed by atoms with E-state index in [2.05, 4.69) is 38.0 Å². The van der Waals surface area contributed by atoms with Gasteiger partial charge in [-0.15, -0.1) is 0 Å². The van der Waals surface area contributed by atoms with Gasteiger partial charge in [0, 0.05) is 32.6 Å². The van der Waals surface area contributed by atoms with Crippen molar-refractivity contribution >= 4 is 11.8 Å². The number of amides is 2. The van der Waals surface area contributed by atoms with E-state index in [0.717, 1.165) is 39.0 Å². The van der Waals surface area contributed by atoms with E-state index in [-0.39, 0.29) is 17.9 Å². The van der Waals surface area contributed by atoms with Gasteiger partial charge >= 0.3 is 0 Å². The van der Waals surface area contributed by atoms with E-state index in [4.69, 9.17) is 0 Å². The number of hydrogen-bond acceptors (Lipinski definition) is 3. The lowest BCUT2D eigenvalue weighted by molar-refractivity contribution is -0.138. The Morgan fingerprint density at radius 1 is 1.14 bits per heavy atom. The van der Waals surface area contributed by atoms with Crippen molar-refractivity contribution in [2.75, 3.05) is 33.2 Å². The van der Waals surface area contributed by atoms with Crippen LogP contribution in [0.3, 0.4) is 0 Å². The van der Waals surface area contributed by atoms with E-state index in [1.54, 1.807) is 0 Å². The smallest absolute Gasteiger partial charge is 0.245 e. The van der Waals surface area contributed by atoms with Crippen LogP contribution in [-0.2, 0) is 9.59 Å². The van der Waals surface area contributed by atoms with Gasteiger partial charge in [-0.3, -0.25) is 9.59 Å². The maximum Gasteiger partial charge on any atom is 0.245 e. The van der Waals surface area contributed by atoms with Crippen LogP contribution >= 0.6 is 0 Å². The summed E-state index contributed by atoms with van der Waals surface area (Å²) in [5.74, 6) is 0.476. The van der Waals surface area contributed by atoms with Crippen molar-refractivity contribution < 1.29 is 9.59 Å². The van der Waals surface area contributed by atoms with Crippen LogP contribution in [0.15, 0.2) is 0 Å². The molecule has 0 aromatic heterocycles. The molecule has 0 aromatic carbocycles. The third kappa shape index (κ3) is 6.46. The molecule has 2 amide bonds. The first-order chi connectivity index (χ1) is 9.93. The van der Waals surface area contributed by atoms with Crippen molar-refractivity contribution in [1.29, 1.82) is 0 Å². The zero-order chi connectivity index (χ0) is 15.8. The Bertz CT molecular complexity index is 336. The van der Waals surface area contributed by atoms with Gasteiger partial charge in [-0.1, -0.05) is 27.2 Å². The van der Waals surface area contributed by atoms with Crippen LogP contribution in [-0.4, -0.2) is 60.9 Å². The predicted molar refractivity (Wildman–Crippen MR) is 85.0 cm³/mol. The third-order valence-electron chi connectivity index (χ3n) is 3.91. The van der Waals surface area contributed by atoms with E-state index in [0.29, 0.717) is 18.8 Å². The van der Waals surface area contributed by atoms with Gasteiger partial charge in [-0.05, 0) is 25.8 Å². The Morgan fingerprint density at radius 2 is 1.76 bits per heavy atom. The first kappa shape index (κ1) is 18.0. The lowest BCUT2D eigenvalue weighted by atomic mass is 10.0.